The van der Waals surface area contributed by atoms with Crippen LogP contribution in [0, 0.1) is 46.5 Å². The normalized spacial score (nSPS) is 18.5. The van der Waals surface area contributed by atoms with Crippen molar-refractivity contribution >= 4 is 22.3 Å². The summed E-state index contributed by atoms with van der Waals surface area (Å²) in [6.07, 6.45) is 40.7. The van der Waals surface area contributed by atoms with Crippen molar-refractivity contribution in [3.05, 3.63) is 166 Å². The molecule has 4 aromatic rings. The molecule has 4 unspecified atom stereocenters. The Morgan fingerprint density at radius 3 is 0.733 bits per heavy atom. The van der Waals surface area contributed by atoms with E-state index in [1.54, 1.807) is 48.5 Å². The number of halogens is 8. The minimum atomic E-state index is -0.777. The molecule has 0 radical (unpaired) electrons. The van der Waals surface area contributed by atoms with Gasteiger partial charge >= 0.3 is 0 Å². The van der Waals surface area contributed by atoms with Crippen LogP contribution in [-0.2, 0) is 18.9 Å². The first-order chi connectivity index (χ1) is 41.9. The van der Waals surface area contributed by atoms with E-state index in [1.165, 1.54) is 89.9 Å². The van der Waals surface area contributed by atoms with Gasteiger partial charge in [-0.05, 0) is 149 Å². The number of allylic oxidation sites excluding steroid dienone is 4. The lowest BCUT2D eigenvalue weighted by molar-refractivity contribution is 0.0456. The van der Waals surface area contributed by atoms with Crippen molar-refractivity contribution in [2.24, 2.45) is 0 Å². The van der Waals surface area contributed by atoms with Crippen molar-refractivity contribution in [1.82, 2.24) is 0 Å². The van der Waals surface area contributed by atoms with Crippen molar-refractivity contribution in [3.63, 3.8) is 0 Å². The molecule has 0 saturated heterocycles. The summed E-state index contributed by atoms with van der Waals surface area (Å²) in [6, 6.07) is 17.5. The molecule has 0 fully saturated rings. The third-order valence-electron chi connectivity index (χ3n) is 16.5. The van der Waals surface area contributed by atoms with Crippen molar-refractivity contribution < 1.29 is 54.1 Å². The zero-order valence-electron chi connectivity index (χ0n) is 52.2. The van der Waals surface area contributed by atoms with Crippen LogP contribution in [0.15, 0.2) is 97.1 Å². The fourth-order valence-electron chi connectivity index (χ4n) is 11.3. The Bertz CT molecular complexity index is 2680. The summed E-state index contributed by atoms with van der Waals surface area (Å²) in [4.78, 5) is 0. The van der Waals surface area contributed by atoms with E-state index in [2.05, 4.69) is 27.7 Å². The molecule has 4 nitrogen and oxygen atoms in total. The van der Waals surface area contributed by atoms with E-state index in [1.807, 2.05) is 24.3 Å². The molecule has 8 rings (SSSR count). The highest BCUT2D eigenvalue weighted by molar-refractivity contribution is 5.69. The van der Waals surface area contributed by atoms with Gasteiger partial charge in [0.05, 0.1) is 24.4 Å². The number of hydrogen-bond donors (Lipinski definition) is 0. The van der Waals surface area contributed by atoms with Gasteiger partial charge < -0.3 is 18.9 Å². The third kappa shape index (κ3) is 25.7. The molecule has 0 spiro atoms. The van der Waals surface area contributed by atoms with Crippen LogP contribution < -0.4 is 0 Å². The van der Waals surface area contributed by atoms with Gasteiger partial charge in [0.15, 0.2) is 46.5 Å². The monoisotopic (exact) mass is 1200 g/mol. The van der Waals surface area contributed by atoms with E-state index >= 15 is 0 Å². The smallest absolute Gasteiger partial charge is 0.166 e. The zero-order valence-corrected chi connectivity index (χ0v) is 52.2. The van der Waals surface area contributed by atoms with E-state index in [-0.39, 0.29) is 24.4 Å². The number of benzene rings is 4. The van der Waals surface area contributed by atoms with E-state index in [9.17, 15) is 35.1 Å². The molecule has 86 heavy (non-hydrogen) atoms. The summed E-state index contributed by atoms with van der Waals surface area (Å²) in [5, 5.41) is 0. The minimum Gasteiger partial charge on any atom is -0.378 e. The molecule has 476 valence electrons. The maximum absolute atomic E-state index is 13.8. The summed E-state index contributed by atoms with van der Waals surface area (Å²) < 4.78 is 132. The lowest BCUT2D eigenvalue weighted by Gasteiger charge is -2.23. The van der Waals surface area contributed by atoms with E-state index in [0.717, 1.165) is 176 Å². The molecule has 12 heteroatoms. The Morgan fingerprint density at radius 1 is 0.291 bits per heavy atom. The second-order valence-corrected chi connectivity index (χ2v) is 23.3. The molecule has 4 atom stereocenters. The second kappa shape index (κ2) is 42.1. The van der Waals surface area contributed by atoms with Crippen LogP contribution in [0.5, 0.6) is 0 Å². The average molecular weight is 1210 g/mol. The molecule has 0 aliphatic heterocycles. The van der Waals surface area contributed by atoms with E-state index in [4.69, 9.17) is 18.9 Å². The highest BCUT2D eigenvalue weighted by Crippen LogP contribution is 2.35. The first kappa shape index (κ1) is 71.9. The van der Waals surface area contributed by atoms with Crippen LogP contribution in [0.1, 0.15) is 243 Å². The molecular weight excluding hydrogens is 1100 g/mol. The van der Waals surface area contributed by atoms with E-state index in [0.29, 0.717) is 22.3 Å². The highest BCUT2D eigenvalue weighted by atomic mass is 19.2. The summed E-state index contributed by atoms with van der Waals surface area (Å²) in [7, 11) is 0. The molecule has 0 saturated carbocycles. The topological polar surface area (TPSA) is 36.9 Å². The number of rotatable bonds is 30. The predicted octanol–water partition coefficient (Wildman–Crippen LogP) is 22.8. The average Bonchev–Trinajstić information content (AvgIpc) is 2.71. The van der Waals surface area contributed by atoms with Crippen LogP contribution >= 0.6 is 0 Å². The van der Waals surface area contributed by atoms with Gasteiger partial charge in [0.2, 0.25) is 0 Å². The Labute approximate surface area is 511 Å². The lowest BCUT2D eigenvalue weighted by Crippen LogP contribution is -2.16. The van der Waals surface area contributed by atoms with Gasteiger partial charge in [0.25, 0.3) is 0 Å². The summed E-state index contributed by atoms with van der Waals surface area (Å²) in [5.41, 5.74) is 5.21. The number of unbranched alkanes of at least 4 members (excludes halogenated alkanes) is 14. The third-order valence-corrected chi connectivity index (χ3v) is 16.5. The standard InChI is InChI=1S/C20H28F2O.C19H26F2O.C18H24F2O.C17H22F2O/c1-2-3-4-5-6-7-15-23-17-13-11-16(12-14-17)18-9-8-10-19(21)20(18)22;1-2-3-4-5-6-14-22-16-12-10-15(11-13-16)17-8-7-9-18(20)19(17)21;1-2-3-4-5-13-21-15-11-9-14(10-12-15)16-7-6-8-17(19)18(16)20;1-2-3-4-12-20-14-10-8-13(9-11-14)15-6-5-7-16(18)17(15)19/h8-11,17H,2-7,12-15H2,1H3;7-10,16H,2-6,11-14H2,1H3;6-9,15H,2-5,10-13H2,1H3;5-8,14H,2-4,9-12H2,1H3. The molecule has 0 N–H and O–H groups in total. The summed E-state index contributed by atoms with van der Waals surface area (Å²) >= 11 is 0. The Balaban J connectivity index is 0.000000210. The SMILES string of the molecule is CCCCCCCCOC1CC=C(c2cccc(F)c2F)CC1.CCCCCCCOC1CC=C(c2cccc(F)c2F)CC1.CCCCCCOC1CC=C(c2cccc(F)c2F)CC1.CCCCCOC1CC=C(c2cccc(F)c2F)CC1. The molecule has 4 aromatic carbocycles. The fraction of sp³-hybridized carbons (Fsp3) is 0.568. The van der Waals surface area contributed by atoms with Gasteiger partial charge in [-0.25, -0.2) is 35.1 Å². The Morgan fingerprint density at radius 2 is 0.500 bits per heavy atom. The first-order valence-corrected chi connectivity index (χ1v) is 32.9. The van der Waals surface area contributed by atoms with Crippen LogP contribution in [0.3, 0.4) is 0 Å². The molecular formula is C74H100F8O4. The van der Waals surface area contributed by atoms with Gasteiger partial charge in [-0.3, -0.25) is 0 Å². The quantitative estimate of drug-likeness (QED) is 0.0385. The zero-order chi connectivity index (χ0) is 61.7. The highest BCUT2D eigenvalue weighted by Gasteiger charge is 2.23. The largest absolute Gasteiger partial charge is 0.378 e. The van der Waals surface area contributed by atoms with Crippen LogP contribution in [-0.4, -0.2) is 50.8 Å². The molecule has 4 aliphatic carbocycles. The second-order valence-electron chi connectivity index (χ2n) is 23.3. The fourth-order valence-corrected chi connectivity index (χ4v) is 11.3. The minimum absolute atomic E-state index is 0.228. The van der Waals surface area contributed by atoms with Gasteiger partial charge in [0.1, 0.15) is 0 Å². The first-order valence-electron chi connectivity index (χ1n) is 32.9. The predicted molar refractivity (Wildman–Crippen MR) is 338 cm³/mol. The van der Waals surface area contributed by atoms with Crippen molar-refractivity contribution in [2.75, 3.05) is 26.4 Å². The maximum atomic E-state index is 13.8. The summed E-state index contributed by atoms with van der Waals surface area (Å²) in [5.74, 6) is -6.03. The molecule has 0 aromatic heterocycles. The molecule has 4 aliphatic rings. The Hall–Kier alpha value is -4.88. The summed E-state index contributed by atoms with van der Waals surface area (Å²) in [6.45, 7) is 12.0. The Kier molecular flexibility index (Phi) is 35.2. The van der Waals surface area contributed by atoms with E-state index < -0.39 is 46.5 Å². The van der Waals surface area contributed by atoms with Gasteiger partial charge in [-0.1, -0.05) is 190 Å². The van der Waals surface area contributed by atoms with Crippen LogP contribution in [0.4, 0.5) is 35.1 Å². The van der Waals surface area contributed by atoms with Crippen LogP contribution in [0.25, 0.3) is 22.3 Å². The van der Waals surface area contributed by atoms with Gasteiger partial charge in [0, 0.05) is 48.7 Å². The molecule has 0 heterocycles. The number of ether oxygens (including phenoxy) is 4. The molecule has 0 amide bonds. The molecule has 0 bridgehead atoms. The van der Waals surface area contributed by atoms with Crippen molar-refractivity contribution in [1.29, 1.82) is 0 Å². The lowest BCUT2D eigenvalue weighted by atomic mass is 9.91. The maximum Gasteiger partial charge on any atom is 0.166 e. The van der Waals surface area contributed by atoms with Crippen molar-refractivity contribution in [2.45, 2.75) is 245 Å². The van der Waals surface area contributed by atoms with Crippen LogP contribution in [0.2, 0.25) is 0 Å². The number of hydrogen-bond acceptors (Lipinski definition) is 4. The van der Waals surface area contributed by atoms with Crippen molar-refractivity contribution in [3.8, 4) is 0 Å². The van der Waals surface area contributed by atoms with Gasteiger partial charge in [-0.15, -0.1) is 0 Å². The van der Waals surface area contributed by atoms with Gasteiger partial charge in [-0.2, -0.15) is 0 Å².